The first-order chi connectivity index (χ1) is 16.1. The van der Waals surface area contributed by atoms with E-state index in [-0.39, 0.29) is 29.3 Å². The van der Waals surface area contributed by atoms with Gasteiger partial charge in [0, 0.05) is 29.1 Å². The van der Waals surface area contributed by atoms with Crippen molar-refractivity contribution in [3.8, 4) is 5.88 Å². The second-order valence-electron chi connectivity index (χ2n) is 8.46. The topological polar surface area (TPSA) is 115 Å². The van der Waals surface area contributed by atoms with Crippen molar-refractivity contribution in [3.63, 3.8) is 0 Å². The molecule has 0 saturated carbocycles. The minimum absolute atomic E-state index is 0.0982. The van der Waals surface area contributed by atoms with Gasteiger partial charge in [0.2, 0.25) is 15.9 Å². The number of carboxylic acid groups (broad SMARTS) is 1. The Kier molecular flexibility index (Phi) is 6.84. The van der Waals surface area contributed by atoms with Crippen molar-refractivity contribution in [1.29, 1.82) is 0 Å². The molecular formula is C23H27ClN4O5S. The fraction of sp³-hybridized carbons (Fsp3) is 0.435. The van der Waals surface area contributed by atoms with E-state index in [1.54, 1.807) is 24.3 Å². The Morgan fingerprint density at radius 1 is 1.26 bits per heavy atom. The molecule has 2 unspecified atom stereocenters. The Labute approximate surface area is 203 Å². The summed E-state index contributed by atoms with van der Waals surface area (Å²) < 4.78 is 35.4. The summed E-state index contributed by atoms with van der Waals surface area (Å²) in [6.07, 6.45) is 1.64. The molecule has 0 bridgehead atoms. The van der Waals surface area contributed by atoms with Crippen LogP contribution in [-0.4, -0.2) is 57.8 Å². The van der Waals surface area contributed by atoms with Crippen LogP contribution < -0.4 is 4.74 Å². The van der Waals surface area contributed by atoms with E-state index in [1.165, 1.54) is 16.6 Å². The highest BCUT2D eigenvalue weighted by Crippen LogP contribution is 2.38. The monoisotopic (exact) mass is 506 g/mol. The number of pyridine rings is 1. The third-order valence-corrected chi connectivity index (χ3v) is 8.66. The molecule has 1 aliphatic rings. The van der Waals surface area contributed by atoms with Gasteiger partial charge in [-0.2, -0.15) is 9.40 Å². The molecule has 0 spiro atoms. The molecule has 1 N–H and O–H groups in total. The largest absolute Gasteiger partial charge is 0.481 e. The molecule has 4 rings (SSSR count). The number of fused-ring (bicyclic) bond motifs is 1. The smallest absolute Gasteiger partial charge is 0.309 e. The zero-order chi connectivity index (χ0) is 24.6. The first kappa shape index (κ1) is 24.4. The van der Waals surface area contributed by atoms with E-state index in [4.69, 9.17) is 16.3 Å². The SMILES string of the molecule is CCOc1ccc(S(=O)(=O)N2CCC(n3nc(CC(=O)O)c4ccc(Cl)cc43)C(C)[C@H]2C)cn1. The van der Waals surface area contributed by atoms with Gasteiger partial charge in [-0.15, -0.1) is 0 Å². The quantitative estimate of drug-likeness (QED) is 0.518. The predicted molar refractivity (Wildman–Crippen MR) is 128 cm³/mol. The van der Waals surface area contributed by atoms with Crippen molar-refractivity contribution in [2.45, 2.75) is 50.6 Å². The van der Waals surface area contributed by atoms with Crippen molar-refractivity contribution >= 4 is 38.5 Å². The fourth-order valence-corrected chi connectivity index (χ4v) is 6.42. The summed E-state index contributed by atoms with van der Waals surface area (Å²) in [6, 6.07) is 7.90. The van der Waals surface area contributed by atoms with Crippen LogP contribution in [0.1, 0.15) is 38.9 Å². The number of piperidine rings is 1. The number of benzene rings is 1. The number of aliphatic carboxylic acids is 1. The summed E-state index contributed by atoms with van der Waals surface area (Å²) in [6.45, 7) is 6.45. The predicted octanol–water partition coefficient (Wildman–Crippen LogP) is 3.77. The third-order valence-electron chi connectivity index (χ3n) is 6.45. The van der Waals surface area contributed by atoms with Crippen LogP contribution >= 0.6 is 11.6 Å². The van der Waals surface area contributed by atoms with E-state index in [0.717, 1.165) is 10.9 Å². The molecule has 3 aromatic rings. The zero-order valence-electron chi connectivity index (χ0n) is 19.2. The second kappa shape index (κ2) is 9.52. The molecular weight excluding hydrogens is 480 g/mol. The number of ether oxygens (including phenoxy) is 1. The Hall–Kier alpha value is -2.69. The van der Waals surface area contributed by atoms with Crippen LogP contribution in [-0.2, 0) is 21.2 Å². The molecule has 1 aromatic carbocycles. The van der Waals surface area contributed by atoms with Crippen LogP contribution in [0.5, 0.6) is 5.88 Å². The van der Waals surface area contributed by atoms with Gasteiger partial charge in [0.1, 0.15) is 4.90 Å². The summed E-state index contributed by atoms with van der Waals surface area (Å²) >= 11 is 6.23. The number of halogens is 1. The molecule has 2 aromatic heterocycles. The van der Waals surface area contributed by atoms with E-state index in [1.807, 2.05) is 25.5 Å². The lowest BCUT2D eigenvalue weighted by molar-refractivity contribution is -0.136. The number of rotatable bonds is 7. The van der Waals surface area contributed by atoms with Crippen LogP contribution in [0.15, 0.2) is 41.4 Å². The highest BCUT2D eigenvalue weighted by molar-refractivity contribution is 7.89. The highest BCUT2D eigenvalue weighted by Gasteiger charge is 2.41. The number of hydrogen-bond acceptors (Lipinski definition) is 6. The van der Waals surface area contributed by atoms with Crippen molar-refractivity contribution in [2.24, 2.45) is 5.92 Å². The molecule has 1 saturated heterocycles. The Morgan fingerprint density at radius 2 is 2.03 bits per heavy atom. The number of sulfonamides is 1. The zero-order valence-corrected chi connectivity index (χ0v) is 20.8. The second-order valence-corrected chi connectivity index (χ2v) is 10.8. The van der Waals surface area contributed by atoms with Gasteiger partial charge in [0.25, 0.3) is 0 Å². The average Bonchev–Trinajstić information content (AvgIpc) is 3.12. The molecule has 3 atom stereocenters. The normalized spacial score (nSPS) is 21.6. The standard InChI is InChI=1S/C23H27ClN4O5S/c1-4-33-22-8-6-17(13-25-22)34(31,32)27-10-9-20(14(2)15(27)3)28-21-11-16(24)5-7-18(21)19(26-28)12-23(29)30/h5-8,11,13-15,20H,4,9-10,12H2,1-3H3,(H,29,30)/t14?,15-,20?/m1/s1. The molecule has 0 aliphatic carbocycles. The van der Waals surface area contributed by atoms with Crippen LogP contribution in [0.2, 0.25) is 5.02 Å². The Bertz CT molecular complexity index is 1310. The average molecular weight is 507 g/mol. The third kappa shape index (κ3) is 4.49. The lowest BCUT2D eigenvalue weighted by Gasteiger charge is -2.41. The van der Waals surface area contributed by atoms with Gasteiger partial charge >= 0.3 is 5.97 Å². The molecule has 34 heavy (non-hydrogen) atoms. The number of nitrogens with zero attached hydrogens (tertiary/aromatic N) is 4. The molecule has 0 radical (unpaired) electrons. The van der Waals surface area contributed by atoms with Crippen LogP contribution in [0.4, 0.5) is 0 Å². The van der Waals surface area contributed by atoms with Crippen molar-refractivity contribution in [3.05, 3.63) is 47.2 Å². The first-order valence-electron chi connectivity index (χ1n) is 11.1. The molecule has 9 nitrogen and oxygen atoms in total. The molecule has 1 aliphatic heterocycles. The molecule has 3 heterocycles. The van der Waals surface area contributed by atoms with Crippen molar-refractivity contribution in [2.75, 3.05) is 13.2 Å². The maximum absolute atomic E-state index is 13.4. The fourth-order valence-electron chi connectivity index (χ4n) is 4.58. The summed E-state index contributed by atoms with van der Waals surface area (Å²) in [4.78, 5) is 15.6. The number of aromatic nitrogens is 3. The lowest BCUT2D eigenvalue weighted by Crippen LogP contribution is -2.49. The van der Waals surface area contributed by atoms with Gasteiger partial charge in [0.05, 0.1) is 36.5 Å². The van der Waals surface area contributed by atoms with E-state index >= 15 is 0 Å². The molecule has 1 fully saturated rings. The first-order valence-corrected chi connectivity index (χ1v) is 12.9. The summed E-state index contributed by atoms with van der Waals surface area (Å²) in [5, 5.41) is 15.2. The Morgan fingerprint density at radius 3 is 2.68 bits per heavy atom. The van der Waals surface area contributed by atoms with Gasteiger partial charge < -0.3 is 9.84 Å². The van der Waals surface area contributed by atoms with Gasteiger partial charge in [-0.3, -0.25) is 9.48 Å². The Balaban J connectivity index is 1.64. The van der Waals surface area contributed by atoms with Crippen LogP contribution in [0, 0.1) is 5.92 Å². The lowest BCUT2D eigenvalue weighted by atomic mass is 9.88. The van der Waals surface area contributed by atoms with Gasteiger partial charge in [0.15, 0.2) is 0 Å². The number of carbonyl (C=O) groups is 1. The van der Waals surface area contributed by atoms with Crippen molar-refractivity contribution < 1.29 is 23.1 Å². The van der Waals surface area contributed by atoms with E-state index in [0.29, 0.717) is 36.2 Å². The van der Waals surface area contributed by atoms with E-state index in [9.17, 15) is 18.3 Å². The number of carboxylic acids is 1. The summed E-state index contributed by atoms with van der Waals surface area (Å²) in [5.74, 6) is -0.685. The maximum atomic E-state index is 13.4. The molecule has 11 heteroatoms. The minimum Gasteiger partial charge on any atom is -0.481 e. The molecule has 0 amide bonds. The minimum atomic E-state index is -3.75. The van der Waals surface area contributed by atoms with Gasteiger partial charge in [-0.25, -0.2) is 13.4 Å². The van der Waals surface area contributed by atoms with Crippen LogP contribution in [0.25, 0.3) is 10.9 Å². The molecule has 182 valence electrons. The van der Waals surface area contributed by atoms with E-state index < -0.39 is 16.0 Å². The van der Waals surface area contributed by atoms with Crippen LogP contribution in [0.3, 0.4) is 0 Å². The van der Waals surface area contributed by atoms with Gasteiger partial charge in [-0.1, -0.05) is 18.5 Å². The van der Waals surface area contributed by atoms with E-state index in [2.05, 4.69) is 10.1 Å². The van der Waals surface area contributed by atoms with Gasteiger partial charge in [-0.05, 0) is 50.5 Å². The summed E-state index contributed by atoms with van der Waals surface area (Å²) in [7, 11) is -3.75. The summed E-state index contributed by atoms with van der Waals surface area (Å²) in [5.41, 5.74) is 1.22. The maximum Gasteiger partial charge on any atom is 0.309 e. The highest BCUT2D eigenvalue weighted by atomic mass is 35.5. The number of hydrogen-bond donors (Lipinski definition) is 1. The van der Waals surface area contributed by atoms with Crippen molar-refractivity contribution in [1.82, 2.24) is 19.1 Å².